The molecule has 8 aromatic rings. The minimum absolute atomic E-state index is 0.129. The summed E-state index contributed by atoms with van der Waals surface area (Å²) in [4.78, 5) is 18.1. The van der Waals surface area contributed by atoms with Gasteiger partial charge in [0.25, 0.3) is 5.56 Å². The molecule has 38 heavy (non-hydrogen) atoms. The normalized spacial score (nSPS) is 11.8. The van der Waals surface area contributed by atoms with Gasteiger partial charge in [-0.25, -0.2) is 4.40 Å². The molecule has 6 aromatic carbocycles. The van der Waals surface area contributed by atoms with Gasteiger partial charge in [0, 0.05) is 0 Å². The van der Waals surface area contributed by atoms with E-state index in [1.807, 2.05) is 48.5 Å². The number of hydrogen-bond acceptors (Lipinski definition) is 3. The summed E-state index contributed by atoms with van der Waals surface area (Å²) in [6, 6.07) is 41.1. The Morgan fingerprint density at radius 2 is 1.13 bits per heavy atom. The molecular weight excluding hydrogens is 468 g/mol. The zero-order valence-electron chi connectivity index (χ0n) is 20.3. The van der Waals surface area contributed by atoms with Gasteiger partial charge >= 0.3 is 5.84 Å². The molecule has 0 atom stereocenters. The number of nitrogens with zero attached hydrogens (tertiary/aromatic N) is 2. The summed E-state index contributed by atoms with van der Waals surface area (Å²) >= 11 is 0. The maximum atomic E-state index is 13.5. The number of hydrogen-bond donors (Lipinski definition) is 0. The first-order valence-corrected chi connectivity index (χ1v) is 12.6. The largest absolute Gasteiger partial charge is 0.424 e. The first-order valence-electron chi connectivity index (χ1n) is 12.6. The van der Waals surface area contributed by atoms with Gasteiger partial charge in [-0.2, -0.15) is 4.98 Å². The molecule has 0 aliphatic rings. The minimum atomic E-state index is -0.129. The van der Waals surface area contributed by atoms with Crippen LogP contribution in [0.2, 0.25) is 0 Å². The first kappa shape index (κ1) is 20.9. The van der Waals surface area contributed by atoms with Gasteiger partial charge in [-0.05, 0) is 68.1 Å². The predicted molar refractivity (Wildman–Crippen MR) is 155 cm³/mol. The second-order valence-electron chi connectivity index (χ2n) is 9.54. The fourth-order valence-corrected chi connectivity index (χ4v) is 5.78. The summed E-state index contributed by atoms with van der Waals surface area (Å²) in [7, 11) is 0. The smallest absolute Gasteiger partial charge is 0.310 e. The molecule has 4 nitrogen and oxygen atoms in total. The predicted octanol–water partition coefficient (Wildman–Crippen LogP) is 8.23. The monoisotopic (exact) mass is 488 g/mol. The standard InChI is InChI=1S/C34H20N2O2/c37-33-27-19-18-22(20-30(27)38-34-35-28-16-8-9-17-29(28)36(33)34)32-25-14-6-4-12-23(25)31(21-10-2-1-3-11-21)24-13-5-7-15-26(24)32/h1-20H. The highest BCUT2D eigenvalue weighted by Crippen LogP contribution is 2.43. The van der Waals surface area contributed by atoms with Crippen molar-refractivity contribution in [3.8, 4) is 22.3 Å². The Bertz CT molecular complexity index is 2200. The van der Waals surface area contributed by atoms with Gasteiger partial charge in [-0.15, -0.1) is 0 Å². The molecule has 0 saturated carbocycles. The highest BCUT2D eigenvalue weighted by Gasteiger charge is 2.18. The van der Waals surface area contributed by atoms with Gasteiger partial charge in [0.05, 0.1) is 16.4 Å². The maximum absolute atomic E-state index is 13.5. The van der Waals surface area contributed by atoms with E-state index in [-0.39, 0.29) is 5.56 Å². The summed E-state index contributed by atoms with van der Waals surface area (Å²) in [5.41, 5.74) is 6.39. The van der Waals surface area contributed by atoms with Gasteiger partial charge < -0.3 is 4.42 Å². The molecule has 0 radical (unpaired) electrons. The van der Waals surface area contributed by atoms with E-state index in [1.54, 1.807) is 4.40 Å². The van der Waals surface area contributed by atoms with E-state index in [1.165, 1.54) is 21.9 Å². The average molecular weight is 489 g/mol. The molecule has 0 unspecified atom stereocenters. The molecule has 0 aliphatic heterocycles. The Kier molecular flexibility index (Phi) is 4.34. The Morgan fingerprint density at radius 3 is 1.82 bits per heavy atom. The lowest BCUT2D eigenvalue weighted by Gasteiger charge is -2.17. The topological polar surface area (TPSA) is 47.5 Å². The van der Waals surface area contributed by atoms with E-state index >= 15 is 0 Å². The molecule has 0 saturated heterocycles. The van der Waals surface area contributed by atoms with Crippen LogP contribution in [0.15, 0.2) is 131 Å². The van der Waals surface area contributed by atoms with Crippen molar-refractivity contribution in [1.82, 2.24) is 9.38 Å². The molecule has 0 fully saturated rings. The number of aromatic nitrogens is 2. The van der Waals surface area contributed by atoms with E-state index in [0.29, 0.717) is 16.8 Å². The van der Waals surface area contributed by atoms with E-state index < -0.39 is 0 Å². The Hall–Kier alpha value is -5.22. The van der Waals surface area contributed by atoms with Crippen LogP contribution in [0.1, 0.15) is 0 Å². The highest BCUT2D eigenvalue weighted by molar-refractivity contribution is 6.21. The van der Waals surface area contributed by atoms with Crippen LogP contribution >= 0.6 is 0 Å². The van der Waals surface area contributed by atoms with Crippen molar-refractivity contribution >= 4 is 49.4 Å². The molecule has 0 aliphatic carbocycles. The van der Waals surface area contributed by atoms with Crippen LogP contribution in [0.25, 0.3) is 71.6 Å². The average Bonchev–Trinajstić information content (AvgIpc) is 3.34. The molecule has 0 amide bonds. The number of rotatable bonds is 2. The first-order chi connectivity index (χ1) is 18.8. The third-order valence-electron chi connectivity index (χ3n) is 7.43. The zero-order chi connectivity index (χ0) is 25.2. The highest BCUT2D eigenvalue weighted by atomic mass is 16.4. The number of fused-ring (bicyclic) bond motifs is 6. The molecule has 0 spiro atoms. The van der Waals surface area contributed by atoms with Gasteiger partial charge in [-0.1, -0.05) is 97.1 Å². The summed E-state index contributed by atoms with van der Waals surface area (Å²) in [6.07, 6.45) is 0. The molecule has 8 rings (SSSR count). The van der Waals surface area contributed by atoms with Crippen molar-refractivity contribution in [2.75, 3.05) is 0 Å². The Morgan fingerprint density at radius 1 is 0.553 bits per heavy atom. The summed E-state index contributed by atoms with van der Waals surface area (Å²) < 4.78 is 7.80. The molecular formula is C34H20N2O2. The lowest BCUT2D eigenvalue weighted by Crippen LogP contribution is -2.12. The van der Waals surface area contributed by atoms with Gasteiger partial charge in [0.1, 0.15) is 5.58 Å². The van der Waals surface area contributed by atoms with Crippen molar-refractivity contribution in [3.63, 3.8) is 0 Å². The second-order valence-corrected chi connectivity index (χ2v) is 9.54. The Balaban J connectivity index is 1.47. The maximum Gasteiger partial charge on any atom is 0.310 e. The number of para-hydroxylation sites is 2. The SMILES string of the molecule is O=c1c2ccc(-c3c4ccccc4c(-c4ccccc4)c4ccccc34)cc2oc2nc3ccccc3n12. The van der Waals surface area contributed by atoms with Crippen molar-refractivity contribution in [2.45, 2.75) is 0 Å². The molecule has 178 valence electrons. The molecule has 2 aromatic heterocycles. The Labute approximate surface area is 217 Å². The van der Waals surface area contributed by atoms with E-state index in [2.05, 4.69) is 77.8 Å². The molecule has 4 heteroatoms. The van der Waals surface area contributed by atoms with E-state index in [0.717, 1.165) is 32.9 Å². The van der Waals surface area contributed by atoms with Gasteiger partial charge in [-0.3, -0.25) is 4.79 Å². The number of benzene rings is 6. The molecule has 0 N–H and O–H groups in total. The van der Waals surface area contributed by atoms with Crippen LogP contribution in [0.5, 0.6) is 0 Å². The van der Waals surface area contributed by atoms with Crippen molar-refractivity contribution in [3.05, 3.63) is 132 Å². The van der Waals surface area contributed by atoms with E-state index in [9.17, 15) is 4.79 Å². The quantitative estimate of drug-likeness (QED) is 0.230. The second kappa shape index (κ2) is 7.89. The third-order valence-corrected chi connectivity index (χ3v) is 7.43. The van der Waals surface area contributed by atoms with Crippen molar-refractivity contribution < 1.29 is 4.42 Å². The van der Waals surface area contributed by atoms with Crippen LogP contribution in [0, 0.1) is 0 Å². The minimum Gasteiger partial charge on any atom is -0.424 e. The molecule has 2 heterocycles. The van der Waals surface area contributed by atoms with E-state index in [4.69, 9.17) is 4.42 Å². The number of imidazole rings is 1. The fourth-order valence-electron chi connectivity index (χ4n) is 5.78. The summed E-state index contributed by atoms with van der Waals surface area (Å²) in [6.45, 7) is 0. The summed E-state index contributed by atoms with van der Waals surface area (Å²) in [5.74, 6) is 0.301. The third kappa shape index (κ3) is 2.91. The van der Waals surface area contributed by atoms with Crippen LogP contribution in [0.3, 0.4) is 0 Å². The van der Waals surface area contributed by atoms with Crippen LogP contribution in [-0.4, -0.2) is 9.38 Å². The van der Waals surface area contributed by atoms with Crippen LogP contribution in [-0.2, 0) is 0 Å². The summed E-state index contributed by atoms with van der Waals surface area (Å²) in [5, 5.41) is 5.20. The fraction of sp³-hybridized carbons (Fsp3) is 0. The molecule has 0 bridgehead atoms. The van der Waals surface area contributed by atoms with Crippen LogP contribution < -0.4 is 5.56 Å². The lowest BCUT2D eigenvalue weighted by atomic mass is 9.86. The lowest BCUT2D eigenvalue weighted by molar-refractivity contribution is 0.617. The zero-order valence-corrected chi connectivity index (χ0v) is 20.3. The van der Waals surface area contributed by atoms with Crippen LogP contribution in [0.4, 0.5) is 0 Å². The van der Waals surface area contributed by atoms with Gasteiger partial charge in [0.2, 0.25) is 0 Å². The van der Waals surface area contributed by atoms with Crippen molar-refractivity contribution in [1.29, 1.82) is 0 Å². The van der Waals surface area contributed by atoms with Gasteiger partial charge in [0.15, 0.2) is 0 Å². The van der Waals surface area contributed by atoms with Crippen molar-refractivity contribution in [2.24, 2.45) is 0 Å².